The first-order chi connectivity index (χ1) is 8.61. The average molecular weight is 253 g/mol. The second kappa shape index (κ2) is 6.02. The lowest BCUT2D eigenvalue weighted by Crippen LogP contribution is -2.48. The van der Waals surface area contributed by atoms with Crippen molar-refractivity contribution in [2.24, 2.45) is 5.73 Å². The summed E-state index contributed by atoms with van der Waals surface area (Å²) in [6, 6.07) is 1.24. The topological polar surface area (TPSA) is 49.6 Å². The molecule has 2 fully saturated rings. The maximum Gasteiger partial charge on any atom is 0.237 e. The number of piperidine rings is 1. The van der Waals surface area contributed by atoms with E-state index in [9.17, 15) is 4.79 Å². The van der Waals surface area contributed by atoms with Crippen LogP contribution in [0.1, 0.15) is 46.0 Å². The average Bonchev–Trinajstić information content (AvgIpc) is 2.73. The molecular formula is C14H27N3O. The molecular weight excluding hydrogens is 226 g/mol. The number of amides is 1. The third-order valence-corrected chi connectivity index (χ3v) is 4.54. The van der Waals surface area contributed by atoms with E-state index in [0.29, 0.717) is 30.6 Å². The van der Waals surface area contributed by atoms with Crippen LogP contribution in [0.15, 0.2) is 0 Å². The molecule has 4 heteroatoms. The third-order valence-electron chi connectivity index (χ3n) is 4.54. The summed E-state index contributed by atoms with van der Waals surface area (Å²) in [4.78, 5) is 16.8. The number of nitrogens with two attached hydrogens (primary N) is 1. The van der Waals surface area contributed by atoms with Gasteiger partial charge >= 0.3 is 0 Å². The van der Waals surface area contributed by atoms with E-state index in [4.69, 9.17) is 5.73 Å². The highest BCUT2D eigenvalue weighted by Gasteiger charge is 2.33. The normalized spacial score (nSPS) is 30.9. The van der Waals surface area contributed by atoms with Crippen molar-refractivity contribution in [1.82, 2.24) is 9.80 Å². The van der Waals surface area contributed by atoms with E-state index >= 15 is 0 Å². The Labute approximate surface area is 110 Å². The minimum atomic E-state index is 0.322. The molecule has 2 aliphatic rings. The van der Waals surface area contributed by atoms with Gasteiger partial charge in [0.25, 0.3) is 0 Å². The lowest BCUT2D eigenvalue weighted by Gasteiger charge is -2.33. The van der Waals surface area contributed by atoms with Crippen molar-refractivity contribution >= 4 is 5.91 Å². The van der Waals surface area contributed by atoms with E-state index in [1.165, 1.54) is 6.42 Å². The van der Waals surface area contributed by atoms with Crippen molar-refractivity contribution in [2.45, 2.75) is 64.1 Å². The van der Waals surface area contributed by atoms with Crippen LogP contribution in [-0.2, 0) is 4.79 Å². The van der Waals surface area contributed by atoms with Gasteiger partial charge in [0.05, 0.1) is 6.54 Å². The summed E-state index contributed by atoms with van der Waals surface area (Å²) in [5.74, 6) is 0.322. The summed E-state index contributed by atoms with van der Waals surface area (Å²) < 4.78 is 0. The number of rotatable bonds is 3. The third kappa shape index (κ3) is 3.04. The van der Waals surface area contributed by atoms with Gasteiger partial charge < -0.3 is 10.6 Å². The van der Waals surface area contributed by atoms with Crippen molar-refractivity contribution in [3.63, 3.8) is 0 Å². The molecule has 2 aliphatic heterocycles. The van der Waals surface area contributed by atoms with Gasteiger partial charge in [-0.15, -0.1) is 0 Å². The minimum Gasteiger partial charge on any atom is -0.336 e. The van der Waals surface area contributed by atoms with E-state index in [1.807, 2.05) is 0 Å². The number of hydrogen-bond acceptors (Lipinski definition) is 3. The summed E-state index contributed by atoms with van der Waals surface area (Å²) in [5.41, 5.74) is 5.89. The van der Waals surface area contributed by atoms with Crippen LogP contribution in [0.25, 0.3) is 0 Å². The van der Waals surface area contributed by atoms with Crippen LogP contribution < -0.4 is 5.73 Å². The molecule has 1 amide bonds. The van der Waals surface area contributed by atoms with Crippen LogP contribution in [0.5, 0.6) is 0 Å². The SMILES string of the molecule is CCC1CCC(C)N1C(=O)CN1CCC(N)CC1. The van der Waals surface area contributed by atoms with Gasteiger partial charge in [-0.3, -0.25) is 9.69 Å². The number of carbonyl (C=O) groups excluding carboxylic acids is 1. The zero-order valence-corrected chi connectivity index (χ0v) is 11.8. The molecule has 4 nitrogen and oxygen atoms in total. The molecule has 0 aliphatic carbocycles. The van der Waals surface area contributed by atoms with E-state index in [2.05, 4.69) is 23.6 Å². The predicted molar refractivity (Wildman–Crippen MR) is 73.3 cm³/mol. The highest BCUT2D eigenvalue weighted by molar-refractivity contribution is 5.79. The minimum absolute atomic E-state index is 0.322. The lowest BCUT2D eigenvalue weighted by molar-refractivity contribution is -0.135. The summed E-state index contributed by atoms with van der Waals surface area (Å²) in [6.07, 6.45) is 5.48. The van der Waals surface area contributed by atoms with Crippen molar-refractivity contribution in [3.05, 3.63) is 0 Å². The molecule has 2 heterocycles. The summed E-state index contributed by atoms with van der Waals surface area (Å²) in [7, 11) is 0. The zero-order chi connectivity index (χ0) is 13.1. The van der Waals surface area contributed by atoms with Crippen molar-refractivity contribution in [2.75, 3.05) is 19.6 Å². The molecule has 18 heavy (non-hydrogen) atoms. The Hall–Kier alpha value is -0.610. The first-order valence-corrected chi connectivity index (χ1v) is 7.41. The maximum absolute atomic E-state index is 12.4. The number of hydrogen-bond donors (Lipinski definition) is 1. The van der Waals surface area contributed by atoms with Crippen LogP contribution in [0, 0.1) is 0 Å². The van der Waals surface area contributed by atoms with E-state index in [0.717, 1.165) is 38.8 Å². The van der Waals surface area contributed by atoms with E-state index in [-0.39, 0.29) is 0 Å². The van der Waals surface area contributed by atoms with Gasteiger partial charge in [0.1, 0.15) is 0 Å². The van der Waals surface area contributed by atoms with Crippen molar-refractivity contribution in [3.8, 4) is 0 Å². The molecule has 0 spiro atoms. The van der Waals surface area contributed by atoms with Crippen LogP contribution in [0.2, 0.25) is 0 Å². The molecule has 2 saturated heterocycles. The van der Waals surface area contributed by atoms with Gasteiger partial charge in [0.2, 0.25) is 5.91 Å². The number of nitrogens with zero attached hydrogens (tertiary/aromatic N) is 2. The Morgan fingerprint density at radius 2 is 1.89 bits per heavy atom. The fraction of sp³-hybridized carbons (Fsp3) is 0.929. The van der Waals surface area contributed by atoms with Crippen molar-refractivity contribution in [1.29, 1.82) is 0 Å². The van der Waals surface area contributed by atoms with Gasteiger partial charge in [-0.1, -0.05) is 6.92 Å². The Balaban J connectivity index is 1.87. The molecule has 0 radical (unpaired) electrons. The highest BCUT2D eigenvalue weighted by Crippen LogP contribution is 2.26. The van der Waals surface area contributed by atoms with Crippen molar-refractivity contribution < 1.29 is 4.79 Å². The first kappa shape index (κ1) is 13.8. The van der Waals surface area contributed by atoms with Gasteiger partial charge in [-0.25, -0.2) is 0 Å². The Kier molecular flexibility index (Phi) is 4.62. The standard InChI is InChI=1S/C14H27N3O/c1-3-13-5-4-11(2)17(13)14(18)10-16-8-6-12(15)7-9-16/h11-13H,3-10,15H2,1-2H3. The summed E-state index contributed by atoms with van der Waals surface area (Å²) in [6.45, 7) is 6.91. The highest BCUT2D eigenvalue weighted by atomic mass is 16.2. The lowest BCUT2D eigenvalue weighted by atomic mass is 10.1. The number of carbonyl (C=O) groups is 1. The smallest absolute Gasteiger partial charge is 0.237 e. The zero-order valence-electron chi connectivity index (χ0n) is 11.8. The molecule has 2 rings (SSSR count). The second-order valence-electron chi connectivity index (χ2n) is 5.90. The Morgan fingerprint density at radius 1 is 1.22 bits per heavy atom. The maximum atomic E-state index is 12.4. The van der Waals surface area contributed by atoms with Crippen LogP contribution in [-0.4, -0.2) is 53.5 Å². The molecule has 0 aromatic carbocycles. The molecule has 0 aromatic heterocycles. The van der Waals surface area contributed by atoms with Gasteiger partial charge in [-0.2, -0.15) is 0 Å². The van der Waals surface area contributed by atoms with Gasteiger partial charge in [0, 0.05) is 31.2 Å². The molecule has 2 N–H and O–H groups in total. The quantitative estimate of drug-likeness (QED) is 0.822. The largest absolute Gasteiger partial charge is 0.336 e. The molecule has 104 valence electrons. The first-order valence-electron chi connectivity index (χ1n) is 7.41. The van der Waals surface area contributed by atoms with Crippen LogP contribution in [0.3, 0.4) is 0 Å². The predicted octanol–water partition coefficient (Wildman–Crippen LogP) is 1.20. The Bertz CT molecular complexity index is 287. The number of likely N-dealkylation sites (tertiary alicyclic amines) is 2. The molecule has 2 unspecified atom stereocenters. The van der Waals surface area contributed by atoms with Gasteiger partial charge in [0.15, 0.2) is 0 Å². The molecule has 0 aromatic rings. The summed E-state index contributed by atoms with van der Waals surface area (Å²) in [5, 5.41) is 0. The van der Waals surface area contributed by atoms with E-state index < -0.39 is 0 Å². The van der Waals surface area contributed by atoms with Crippen LogP contribution in [0.4, 0.5) is 0 Å². The molecule has 0 saturated carbocycles. The van der Waals surface area contributed by atoms with Gasteiger partial charge in [-0.05, 0) is 39.0 Å². The second-order valence-corrected chi connectivity index (χ2v) is 5.90. The summed E-state index contributed by atoms with van der Waals surface area (Å²) >= 11 is 0. The monoisotopic (exact) mass is 253 g/mol. The van der Waals surface area contributed by atoms with Crippen LogP contribution >= 0.6 is 0 Å². The fourth-order valence-electron chi connectivity index (χ4n) is 3.31. The molecule has 0 bridgehead atoms. The van der Waals surface area contributed by atoms with E-state index in [1.54, 1.807) is 0 Å². The Morgan fingerprint density at radius 3 is 2.50 bits per heavy atom. The fourth-order valence-corrected chi connectivity index (χ4v) is 3.31. The molecule has 2 atom stereocenters.